The van der Waals surface area contributed by atoms with E-state index in [0.717, 1.165) is 25.9 Å². The third-order valence-electron chi connectivity index (χ3n) is 5.14. The van der Waals surface area contributed by atoms with Crippen LogP contribution < -0.4 is 0 Å². The molecule has 0 bridgehead atoms. The first-order chi connectivity index (χ1) is 9.23. The Morgan fingerprint density at radius 3 is 2.47 bits per heavy atom. The minimum atomic E-state index is 0.240. The molecule has 1 saturated carbocycles. The van der Waals surface area contributed by atoms with Gasteiger partial charge in [-0.25, -0.2) is 0 Å². The highest BCUT2D eigenvalue weighted by molar-refractivity contribution is 4.93. The van der Waals surface area contributed by atoms with Crippen LogP contribution in [0.5, 0.6) is 0 Å². The lowest BCUT2D eigenvalue weighted by molar-refractivity contribution is -0.0530. The van der Waals surface area contributed by atoms with Gasteiger partial charge in [0.1, 0.15) is 0 Å². The summed E-state index contributed by atoms with van der Waals surface area (Å²) in [7, 11) is 0. The van der Waals surface area contributed by atoms with Crippen LogP contribution in [0, 0.1) is 0 Å². The molecular weight excluding hydrogens is 238 g/mol. The van der Waals surface area contributed by atoms with Crippen molar-refractivity contribution in [3.63, 3.8) is 0 Å². The van der Waals surface area contributed by atoms with Crippen LogP contribution in [0.1, 0.15) is 65.2 Å². The lowest BCUT2D eigenvalue weighted by atomic mass is 9.98. The third kappa shape index (κ3) is 3.71. The molecule has 1 unspecified atom stereocenters. The van der Waals surface area contributed by atoms with Gasteiger partial charge in [0.25, 0.3) is 0 Å². The maximum Gasteiger partial charge on any atom is 0.0710 e. The van der Waals surface area contributed by atoms with Crippen molar-refractivity contribution in [1.82, 2.24) is 4.90 Å². The lowest BCUT2D eigenvalue weighted by Crippen LogP contribution is -2.42. The van der Waals surface area contributed by atoms with Gasteiger partial charge in [-0.2, -0.15) is 0 Å². The van der Waals surface area contributed by atoms with Crippen LogP contribution >= 0.6 is 0 Å². The van der Waals surface area contributed by atoms with Crippen molar-refractivity contribution >= 4 is 0 Å². The fraction of sp³-hybridized carbons (Fsp3) is 1.00. The summed E-state index contributed by atoms with van der Waals surface area (Å²) in [5.41, 5.74) is 0.240. The fourth-order valence-electron chi connectivity index (χ4n) is 4.03. The van der Waals surface area contributed by atoms with E-state index in [1.807, 2.05) is 0 Å². The van der Waals surface area contributed by atoms with Crippen LogP contribution in [0.15, 0.2) is 0 Å². The molecule has 0 aromatic heterocycles. The summed E-state index contributed by atoms with van der Waals surface area (Å²) >= 11 is 0. The van der Waals surface area contributed by atoms with E-state index in [4.69, 9.17) is 4.74 Å². The first kappa shape index (κ1) is 15.3. The highest BCUT2D eigenvalue weighted by Crippen LogP contribution is 2.43. The number of hydrogen-bond donors (Lipinski definition) is 1. The van der Waals surface area contributed by atoms with Crippen LogP contribution in [-0.2, 0) is 4.74 Å². The molecule has 1 saturated heterocycles. The minimum Gasteiger partial charge on any atom is -0.395 e. The van der Waals surface area contributed by atoms with Gasteiger partial charge in [-0.1, -0.05) is 26.7 Å². The van der Waals surface area contributed by atoms with Gasteiger partial charge >= 0.3 is 0 Å². The standard InChI is InChI=1S/C16H31NO2/c1-3-14(4-2)17(11-12-18)13-15-7-10-16(19-15)8-5-6-9-16/h14-15,18H,3-13H2,1-2H3. The van der Waals surface area contributed by atoms with Gasteiger partial charge in [0.2, 0.25) is 0 Å². The summed E-state index contributed by atoms with van der Waals surface area (Å²) in [6, 6.07) is 0.593. The summed E-state index contributed by atoms with van der Waals surface area (Å²) in [4.78, 5) is 2.44. The van der Waals surface area contributed by atoms with Gasteiger partial charge in [0.05, 0.1) is 18.3 Å². The molecule has 2 aliphatic rings. The van der Waals surface area contributed by atoms with E-state index in [9.17, 15) is 5.11 Å². The minimum absolute atomic E-state index is 0.240. The molecule has 2 fully saturated rings. The number of hydrogen-bond acceptors (Lipinski definition) is 3. The SMILES string of the molecule is CCC(CC)N(CCO)CC1CCC2(CCCC2)O1. The summed E-state index contributed by atoms with van der Waals surface area (Å²) in [5.74, 6) is 0. The Morgan fingerprint density at radius 1 is 1.21 bits per heavy atom. The zero-order valence-electron chi connectivity index (χ0n) is 12.7. The number of aliphatic hydroxyl groups excluding tert-OH is 1. The van der Waals surface area contributed by atoms with Crippen molar-refractivity contribution in [2.75, 3.05) is 19.7 Å². The molecule has 112 valence electrons. The van der Waals surface area contributed by atoms with Crippen molar-refractivity contribution in [2.24, 2.45) is 0 Å². The Labute approximate surface area is 118 Å². The average molecular weight is 269 g/mol. The summed E-state index contributed by atoms with van der Waals surface area (Å²) in [6.07, 6.45) is 10.4. The Kier molecular flexibility index (Phi) is 5.67. The molecule has 0 aromatic carbocycles. The van der Waals surface area contributed by atoms with Crippen LogP contribution in [-0.4, -0.2) is 47.4 Å². The van der Waals surface area contributed by atoms with E-state index < -0.39 is 0 Å². The number of nitrogens with zero attached hydrogens (tertiary/aromatic N) is 1. The summed E-state index contributed by atoms with van der Waals surface area (Å²) in [5, 5.41) is 9.27. The molecule has 0 amide bonds. The van der Waals surface area contributed by atoms with Crippen LogP contribution in [0.2, 0.25) is 0 Å². The molecular formula is C16H31NO2. The molecule has 1 aliphatic carbocycles. The highest BCUT2D eigenvalue weighted by Gasteiger charge is 2.42. The summed E-state index contributed by atoms with van der Waals surface area (Å²) < 4.78 is 6.40. The van der Waals surface area contributed by atoms with E-state index in [0.29, 0.717) is 12.1 Å². The Bertz CT molecular complexity index is 259. The predicted octanol–water partition coefficient (Wildman–Crippen LogP) is 2.96. The Morgan fingerprint density at radius 2 is 1.89 bits per heavy atom. The number of aliphatic hydroxyl groups is 1. The van der Waals surface area contributed by atoms with Gasteiger partial charge < -0.3 is 9.84 Å². The summed E-state index contributed by atoms with van der Waals surface area (Å²) in [6.45, 7) is 6.54. The average Bonchev–Trinajstić information content (AvgIpc) is 3.02. The molecule has 19 heavy (non-hydrogen) atoms. The van der Waals surface area contributed by atoms with E-state index in [1.54, 1.807) is 0 Å². The van der Waals surface area contributed by atoms with E-state index >= 15 is 0 Å². The smallest absolute Gasteiger partial charge is 0.0710 e. The maximum atomic E-state index is 9.27. The first-order valence-corrected chi connectivity index (χ1v) is 8.25. The van der Waals surface area contributed by atoms with Crippen molar-refractivity contribution < 1.29 is 9.84 Å². The Balaban J connectivity index is 1.87. The highest BCUT2D eigenvalue weighted by atomic mass is 16.5. The number of ether oxygens (including phenoxy) is 1. The Hall–Kier alpha value is -0.120. The molecule has 1 aliphatic heterocycles. The maximum absolute atomic E-state index is 9.27. The monoisotopic (exact) mass is 269 g/mol. The topological polar surface area (TPSA) is 32.7 Å². The second-order valence-electron chi connectivity index (χ2n) is 6.36. The van der Waals surface area contributed by atoms with Gasteiger partial charge in [-0.15, -0.1) is 0 Å². The van der Waals surface area contributed by atoms with Crippen LogP contribution in [0.25, 0.3) is 0 Å². The lowest BCUT2D eigenvalue weighted by Gasteiger charge is -2.33. The second kappa shape index (κ2) is 7.05. The molecule has 0 radical (unpaired) electrons. The van der Waals surface area contributed by atoms with Crippen molar-refractivity contribution in [3.8, 4) is 0 Å². The third-order valence-corrected chi connectivity index (χ3v) is 5.14. The van der Waals surface area contributed by atoms with E-state index in [-0.39, 0.29) is 12.2 Å². The largest absolute Gasteiger partial charge is 0.395 e. The molecule has 1 spiro atoms. The second-order valence-corrected chi connectivity index (χ2v) is 6.36. The van der Waals surface area contributed by atoms with Crippen LogP contribution in [0.4, 0.5) is 0 Å². The fourth-order valence-corrected chi connectivity index (χ4v) is 4.03. The van der Waals surface area contributed by atoms with Crippen molar-refractivity contribution in [2.45, 2.75) is 83.0 Å². The zero-order chi connectivity index (χ0) is 13.7. The van der Waals surface area contributed by atoms with Gasteiger partial charge in [-0.3, -0.25) is 4.90 Å². The van der Waals surface area contributed by atoms with E-state index in [2.05, 4.69) is 18.7 Å². The van der Waals surface area contributed by atoms with Crippen molar-refractivity contribution in [3.05, 3.63) is 0 Å². The zero-order valence-corrected chi connectivity index (χ0v) is 12.7. The molecule has 2 rings (SSSR count). The van der Waals surface area contributed by atoms with Crippen molar-refractivity contribution in [1.29, 1.82) is 0 Å². The first-order valence-electron chi connectivity index (χ1n) is 8.25. The molecule has 1 atom stereocenters. The predicted molar refractivity (Wildman–Crippen MR) is 78.3 cm³/mol. The van der Waals surface area contributed by atoms with Gasteiger partial charge in [-0.05, 0) is 38.5 Å². The quantitative estimate of drug-likeness (QED) is 0.771. The normalized spacial score (nSPS) is 26.1. The van der Waals surface area contributed by atoms with E-state index in [1.165, 1.54) is 38.5 Å². The van der Waals surface area contributed by atoms with Gasteiger partial charge in [0.15, 0.2) is 0 Å². The number of rotatable bonds is 7. The molecule has 3 nitrogen and oxygen atoms in total. The molecule has 0 aromatic rings. The molecule has 1 heterocycles. The van der Waals surface area contributed by atoms with Crippen LogP contribution in [0.3, 0.4) is 0 Å². The molecule has 1 N–H and O–H groups in total. The van der Waals surface area contributed by atoms with Gasteiger partial charge in [0, 0.05) is 19.1 Å². The molecule has 3 heteroatoms.